The average molecular weight is 289 g/mol. The third kappa shape index (κ3) is 2.78. The molecule has 0 saturated heterocycles. The van der Waals surface area contributed by atoms with Crippen molar-refractivity contribution in [3.8, 4) is 0 Å². The van der Waals surface area contributed by atoms with Gasteiger partial charge in [-0.3, -0.25) is 4.79 Å². The zero-order chi connectivity index (χ0) is 13.9. The van der Waals surface area contributed by atoms with Gasteiger partial charge < -0.3 is 5.32 Å². The van der Waals surface area contributed by atoms with Gasteiger partial charge in [-0.25, -0.2) is 4.98 Å². The first-order valence-electron chi connectivity index (χ1n) is 7.05. The first-order valence-corrected chi connectivity index (χ1v) is 7.48. The van der Waals surface area contributed by atoms with Crippen molar-refractivity contribution in [3.05, 3.63) is 42.1 Å². The molecule has 1 heterocycles. The lowest BCUT2D eigenvalue weighted by Crippen LogP contribution is -2.43. The smallest absolute Gasteiger partial charge is 0.270 e. The monoisotopic (exact) mass is 288 g/mol. The molecular weight excluding hydrogens is 272 g/mol. The van der Waals surface area contributed by atoms with Gasteiger partial charge >= 0.3 is 0 Å². The predicted octanol–water partition coefficient (Wildman–Crippen LogP) is 3.51. The zero-order valence-corrected chi connectivity index (χ0v) is 11.9. The number of para-hydroxylation sites is 1. The van der Waals surface area contributed by atoms with Crippen molar-refractivity contribution < 1.29 is 4.79 Å². The Hall–Kier alpha value is -1.61. The van der Waals surface area contributed by atoms with E-state index in [2.05, 4.69) is 10.3 Å². The van der Waals surface area contributed by atoms with Crippen LogP contribution in [0.25, 0.3) is 10.9 Å². The SMILES string of the molecule is O=C(NC1CCCCC1Cl)c1ccc2ccccc2n1. The molecule has 1 amide bonds. The molecule has 0 radical (unpaired) electrons. The fourth-order valence-corrected chi connectivity index (χ4v) is 3.03. The van der Waals surface area contributed by atoms with Gasteiger partial charge in [0.2, 0.25) is 0 Å². The van der Waals surface area contributed by atoms with Crippen molar-refractivity contribution in [2.75, 3.05) is 0 Å². The highest BCUT2D eigenvalue weighted by atomic mass is 35.5. The topological polar surface area (TPSA) is 42.0 Å². The van der Waals surface area contributed by atoms with E-state index in [1.54, 1.807) is 6.07 Å². The Kier molecular flexibility index (Phi) is 3.88. The van der Waals surface area contributed by atoms with Crippen molar-refractivity contribution in [1.82, 2.24) is 10.3 Å². The van der Waals surface area contributed by atoms with Crippen LogP contribution in [0.1, 0.15) is 36.2 Å². The summed E-state index contributed by atoms with van der Waals surface area (Å²) in [6, 6.07) is 11.5. The lowest BCUT2D eigenvalue weighted by Gasteiger charge is -2.27. The third-order valence-corrected chi connectivity index (χ3v) is 4.35. The van der Waals surface area contributed by atoms with Gasteiger partial charge in [0.25, 0.3) is 5.91 Å². The van der Waals surface area contributed by atoms with E-state index in [0.29, 0.717) is 5.69 Å². The van der Waals surface area contributed by atoms with Gasteiger partial charge in [-0.15, -0.1) is 11.6 Å². The van der Waals surface area contributed by atoms with Crippen molar-refractivity contribution in [3.63, 3.8) is 0 Å². The molecule has 4 heteroatoms. The molecule has 2 atom stereocenters. The lowest BCUT2D eigenvalue weighted by molar-refractivity contribution is 0.0924. The first kappa shape index (κ1) is 13.4. The fraction of sp³-hybridized carbons (Fsp3) is 0.375. The van der Waals surface area contributed by atoms with E-state index in [9.17, 15) is 4.79 Å². The molecule has 104 valence electrons. The summed E-state index contributed by atoms with van der Waals surface area (Å²) >= 11 is 6.27. The summed E-state index contributed by atoms with van der Waals surface area (Å²) in [5.41, 5.74) is 1.30. The minimum atomic E-state index is -0.131. The summed E-state index contributed by atoms with van der Waals surface area (Å²) < 4.78 is 0. The average Bonchev–Trinajstić information content (AvgIpc) is 2.49. The molecule has 0 aliphatic heterocycles. The number of aromatic nitrogens is 1. The molecule has 1 aliphatic carbocycles. The van der Waals surface area contributed by atoms with Crippen LogP contribution in [0.4, 0.5) is 0 Å². The molecule has 1 N–H and O–H groups in total. The maximum Gasteiger partial charge on any atom is 0.270 e. The number of hydrogen-bond acceptors (Lipinski definition) is 2. The van der Waals surface area contributed by atoms with E-state index in [1.165, 1.54) is 0 Å². The number of fused-ring (bicyclic) bond motifs is 1. The van der Waals surface area contributed by atoms with Crippen molar-refractivity contribution in [1.29, 1.82) is 0 Å². The van der Waals surface area contributed by atoms with Crippen LogP contribution in [-0.4, -0.2) is 22.3 Å². The summed E-state index contributed by atoms with van der Waals surface area (Å²) in [4.78, 5) is 16.7. The number of benzene rings is 1. The van der Waals surface area contributed by atoms with Crippen LogP contribution in [0.15, 0.2) is 36.4 Å². The van der Waals surface area contributed by atoms with Gasteiger partial charge in [0.05, 0.1) is 10.9 Å². The Morgan fingerprint density at radius 3 is 2.80 bits per heavy atom. The Balaban J connectivity index is 1.78. The second kappa shape index (κ2) is 5.80. The third-order valence-electron chi connectivity index (χ3n) is 3.83. The van der Waals surface area contributed by atoms with E-state index in [4.69, 9.17) is 11.6 Å². The van der Waals surface area contributed by atoms with Gasteiger partial charge in [-0.1, -0.05) is 37.1 Å². The van der Waals surface area contributed by atoms with E-state index in [1.807, 2.05) is 30.3 Å². The van der Waals surface area contributed by atoms with E-state index in [-0.39, 0.29) is 17.3 Å². The largest absolute Gasteiger partial charge is 0.346 e. The highest BCUT2D eigenvalue weighted by Crippen LogP contribution is 2.23. The van der Waals surface area contributed by atoms with Gasteiger partial charge in [0, 0.05) is 11.4 Å². The van der Waals surface area contributed by atoms with E-state index < -0.39 is 0 Å². The number of carbonyl (C=O) groups excluding carboxylic acids is 1. The van der Waals surface area contributed by atoms with Gasteiger partial charge in [-0.05, 0) is 25.0 Å². The number of halogens is 1. The molecule has 1 aromatic carbocycles. The number of nitrogens with one attached hydrogen (secondary N) is 1. The summed E-state index contributed by atoms with van der Waals surface area (Å²) in [7, 11) is 0. The molecular formula is C16H17ClN2O. The minimum Gasteiger partial charge on any atom is -0.346 e. The molecule has 2 aromatic rings. The highest BCUT2D eigenvalue weighted by Gasteiger charge is 2.25. The molecule has 1 saturated carbocycles. The first-order chi connectivity index (χ1) is 9.74. The second-order valence-electron chi connectivity index (χ2n) is 5.27. The number of amides is 1. The van der Waals surface area contributed by atoms with Crippen molar-refractivity contribution >= 4 is 28.4 Å². The van der Waals surface area contributed by atoms with Gasteiger partial charge in [0.15, 0.2) is 0 Å². The number of pyridine rings is 1. The normalized spacial score (nSPS) is 22.6. The Bertz CT molecular complexity index is 629. The molecule has 3 nitrogen and oxygen atoms in total. The number of hydrogen-bond donors (Lipinski definition) is 1. The Morgan fingerprint density at radius 2 is 1.95 bits per heavy atom. The fourth-order valence-electron chi connectivity index (χ4n) is 2.68. The van der Waals surface area contributed by atoms with Crippen LogP contribution in [-0.2, 0) is 0 Å². The second-order valence-corrected chi connectivity index (χ2v) is 5.83. The summed E-state index contributed by atoms with van der Waals surface area (Å²) in [5.74, 6) is -0.131. The summed E-state index contributed by atoms with van der Waals surface area (Å²) in [6.07, 6.45) is 4.19. The summed E-state index contributed by atoms with van der Waals surface area (Å²) in [5, 5.41) is 4.09. The predicted molar refractivity (Wildman–Crippen MR) is 81.1 cm³/mol. The molecule has 0 bridgehead atoms. The van der Waals surface area contributed by atoms with Crippen molar-refractivity contribution in [2.45, 2.75) is 37.1 Å². The van der Waals surface area contributed by atoms with Crippen LogP contribution in [0, 0.1) is 0 Å². The lowest BCUT2D eigenvalue weighted by atomic mass is 9.95. The number of nitrogens with zero attached hydrogens (tertiary/aromatic N) is 1. The molecule has 0 spiro atoms. The van der Waals surface area contributed by atoms with Crippen LogP contribution < -0.4 is 5.32 Å². The summed E-state index contributed by atoms with van der Waals surface area (Å²) in [6.45, 7) is 0. The maximum atomic E-state index is 12.3. The molecule has 1 aliphatic rings. The molecule has 1 fully saturated rings. The molecule has 3 rings (SSSR count). The number of alkyl halides is 1. The van der Waals surface area contributed by atoms with Crippen LogP contribution in [0.2, 0.25) is 0 Å². The van der Waals surface area contributed by atoms with Gasteiger partial charge in [-0.2, -0.15) is 0 Å². The Morgan fingerprint density at radius 1 is 1.15 bits per heavy atom. The molecule has 20 heavy (non-hydrogen) atoms. The minimum absolute atomic E-state index is 0.0353. The zero-order valence-electron chi connectivity index (χ0n) is 11.2. The quantitative estimate of drug-likeness (QED) is 0.859. The van der Waals surface area contributed by atoms with Crippen molar-refractivity contribution in [2.24, 2.45) is 0 Å². The van der Waals surface area contributed by atoms with E-state index >= 15 is 0 Å². The molecule has 2 unspecified atom stereocenters. The van der Waals surface area contributed by atoms with Gasteiger partial charge in [0.1, 0.15) is 5.69 Å². The number of rotatable bonds is 2. The number of carbonyl (C=O) groups is 1. The van der Waals surface area contributed by atoms with Crippen LogP contribution in [0.5, 0.6) is 0 Å². The van der Waals surface area contributed by atoms with Crippen LogP contribution in [0.3, 0.4) is 0 Å². The highest BCUT2D eigenvalue weighted by molar-refractivity contribution is 6.21. The van der Waals surface area contributed by atoms with Crippen LogP contribution >= 0.6 is 11.6 Å². The maximum absolute atomic E-state index is 12.3. The molecule has 1 aromatic heterocycles. The van der Waals surface area contributed by atoms with E-state index in [0.717, 1.165) is 36.6 Å². The Labute approximate surface area is 123 Å². The standard InChI is InChI=1S/C16H17ClN2O/c17-12-6-2-4-8-14(12)19-16(20)15-10-9-11-5-1-3-7-13(11)18-15/h1,3,5,7,9-10,12,14H,2,4,6,8H2,(H,19,20).